The third-order valence-electron chi connectivity index (χ3n) is 6.28. The van der Waals surface area contributed by atoms with Crippen molar-refractivity contribution in [3.8, 4) is 11.5 Å². The average molecular weight is 438 g/mol. The minimum absolute atomic E-state index is 0.111. The number of carbonyl (C=O) groups is 1. The lowest BCUT2D eigenvalue weighted by Gasteiger charge is -2.33. The van der Waals surface area contributed by atoms with Crippen LogP contribution in [0.1, 0.15) is 25.7 Å². The number of hydrogen-bond acceptors (Lipinski definition) is 6. The lowest BCUT2D eigenvalue weighted by atomic mass is 9.97. The van der Waals surface area contributed by atoms with Crippen LogP contribution < -0.4 is 9.47 Å². The second kappa shape index (κ2) is 9.11. The number of hydrogen-bond donors (Lipinski definition) is 0. The van der Waals surface area contributed by atoms with Crippen molar-refractivity contribution >= 4 is 15.9 Å². The van der Waals surface area contributed by atoms with Crippen LogP contribution in [0.15, 0.2) is 23.1 Å². The maximum atomic E-state index is 13.1. The van der Waals surface area contributed by atoms with Crippen LogP contribution in [0.25, 0.3) is 0 Å². The van der Waals surface area contributed by atoms with Gasteiger partial charge in [-0.05, 0) is 50.9 Å². The molecule has 1 aromatic carbocycles. The summed E-state index contributed by atoms with van der Waals surface area (Å²) in [7, 11) is -1.76. The Morgan fingerprint density at radius 3 is 2.43 bits per heavy atom. The molecule has 0 saturated carbocycles. The summed E-state index contributed by atoms with van der Waals surface area (Å²) in [5, 5.41) is 0. The third-order valence-corrected chi connectivity index (χ3v) is 8.18. The number of carbonyl (C=O) groups excluding carboxylic acids is 1. The molecule has 0 N–H and O–H groups in total. The van der Waals surface area contributed by atoms with Crippen molar-refractivity contribution in [3.63, 3.8) is 0 Å². The Hall–Kier alpha value is -1.84. The van der Waals surface area contributed by atoms with Gasteiger partial charge in [0.15, 0.2) is 11.5 Å². The second-order valence-electron chi connectivity index (χ2n) is 8.29. The van der Waals surface area contributed by atoms with Crippen molar-refractivity contribution in [2.24, 2.45) is 5.92 Å². The van der Waals surface area contributed by atoms with Crippen LogP contribution in [0.3, 0.4) is 0 Å². The highest BCUT2D eigenvalue weighted by Gasteiger charge is 2.34. The molecule has 0 atom stereocenters. The van der Waals surface area contributed by atoms with Crippen molar-refractivity contribution < 1.29 is 22.7 Å². The summed E-state index contributed by atoms with van der Waals surface area (Å²) in [6.07, 6.45) is 3.59. The normalized spacial score (nSPS) is 21.0. The van der Waals surface area contributed by atoms with Crippen LogP contribution in [0.5, 0.6) is 11.5 Å². The van der Waals surface area contributed by atoms with E-state index in [2.05, 4.69) is 4.90 Å². The monoisotopic (exact) mass is 437 g/mol. The molecule has 2 fully saturated rings. The number of nitrogens with zero attached hydrogens (tertiary/aromatic N) is 3. The van der Waals surface area contributed by atoms with Gasteiger partial charge >= 0.3 is 0 Å². The van der Waals surface area contributed by atoms with Crippen LogP contribution in [0.2, 0.25) is 0 Å². The van der Waals surface area contributed by atoms with Crippen molar-refractivity contribution in [1.82, 2.24) is 14.1 Å². The van der Waals surface area contributed by atoms with E-state index in [0.29, 0.717) is 50.6 Å². The fourth-order valence-electron chi connectivity index (χ4n) is 4.40. The molecule has 3 aliphatic rings. The Morgan fingerprint density at radius 1 is 1.07 bits per heavy atom. The lowest BCUT2D eigenvalue weighted by molar-refractivity contribution is -0.135. The van der Waals surface area contributed by atoms with Gasteiger partial charge in [-0.2, -0.15) is 4.31 Å². The maximum Gasteiger partial charge on any atom is 0.243 e. The average Bonchev–Trinajstić information content (AvgIpc) is 3.30. The van der Waals surface area contributed by atoms with Crippen LogP contribution >= 0.6 is 0 Å². The van der Waals surface area contributed by atoms with Gasteiger partial charge < -0.3 is 19.3 Å². The van der Waals surface area contributed by atoms with Crippen LogP contribution in [0.4, 0.5) is 0 Å². The quantitative estimate of drug-likeness (QED) is 0.670. The summed E-state index contributed by atoms with van der Waals surface area (Å²) in [5.41, 5.74) is 0. The number of sulfonamides is 1. The molecule has 3 aliphatic heterocycles. The number of ether oxygens (including phenoxy) is 2. The summed E-state index contributed by atoms with van der Waals surface area (Å²) >= 11 is 0. The summed E-state index contributed by atoms with van der Waals surface area (Å²) in [6.45, 7) is 5.48. The molecule has 8 nitrogen and oxygen atoms in total. The molecule has 1 amide bonds. The molecule has 30 heavy (non-hydrogen) atoms. The number of amides is 1. The zero-order valence-corrected chi connectivity index (χ0v) is 18.4. The SMILES string of the molecule is CN(CCN1CCCC1)C(=O)C1CCN(S(=O)(=O)c2ccc3c(c2)OCCO3)CC1. The van der Waals surface area contributed by atoms with Gasteiger partial charge in [-0.25, -0.2) is 8.42 Å². The van der Waals surface area contributed by atoms with E-state index in [0.717, 1.165) is 26.2 Å². The first-order valence-corrected chi connectivity index (χ1v) is 12.3. The summed E-state index contributed by atoms with van der Waals surface area (Å²) in [6, 6.07) is 4.74. The molecule has 1 aromatic rings. The molecule has 9 heteroatoms. The Morgan fingerprint density at radius 2 is 1.73 bits per heavy atom. The van der Waals surface area contributed by atoms with Crippen LogP contribution in [0, 0.1) is 5.92 Å². The van der Waals surface area contributed by atoms with Gasteiger partial charge in [0.05, 0.1) is 4.90 Å². The highest BCUT2D eigenvalue weighted by Crippen LogP contribution is 2.34. The minimum atomic E-state index is -3.62. The number of piperidine rings is 1. The van der Waals surface area contributed by atoms with Gasteiger partial charge in [-0.1, -0.05) is 0 Å². The van der Waals surface area contributed by atoms with E-state index in [-0.39, 0.29) is 16.7 Å². The summed E-state index contributed by atoms with van der Waals surface area (Å²) in [4.78, 5) is 17.2. The lowest BCUT2D eigenvalue weighted by Crippen LogP contribution is -2.44. The Kier molecular flexibility index (Phi) is 6.50. The molecule has 0 bridgehead atoms. The predicted octanol–water partition coefficient (Wildman–Crippen LogP) is 1.41. The number of fused-ring (bicyclic) bond motifs is 1. The molecule has 0 radical (unpaired) electrons. The molecular weight excluding hydrogens is 406 g/mol. The van der Waals surface area contributed by atoms with E-state index >= 15 is 0 Å². The van der Waals surface area contributed by atoms with Crippen molar-refractivity contribution in [3.05, 3.63) is 18.2 Å². The van der Waals surface area contributed by atoms with Gasteiger partial charge in [0.25, 0.3) is 0 Å². The van der Waals surface area contributed by atoms with Crippen molar-refractivity contribution in [1.29, 1.82) is 0 Å². The van der Waals surface area contributed by atoms with Gasteiger partial charge in [0, 0.05) is 45.2 Å². The van der Waals surface area contributed by atoms with Crippen molar-refractivity contribution in [2.45, 2.75) is 30.6 Å². The predicted molar refractivity (Wildman–Crippen MR) is 112 cm³/mol. The topological polar surface area (TPSA) is 79.4 Å². The second-order valence-corrected chi connectivity index (χ2v) is 10.2. The molecule has 166 valence electrons. The highest BCUT2D eigenvalue weighted by atomic mass is 32.2. The number of likely N-dealkylation sites (tertiary alicyclic amines) is 1. The molecule has 3 heterocycles. The van der Waals surface area contributed by atoms with Crippen molar-refractivity contribution in [2.75, 3.05) is 59.5 Å². The first-order chi connectivity index (χ1) is 14.4. The highest BCUT2D eigenvalue weighted by molar-refractivity contribution is 7.89. The van der Waals surface area contributed by atoms with E-state index in [4.69, 9.17) is 9.47 Å². The van der Waals surface area contributed by atoms with Crippen LogP contribution in [-0.4, -0.2) is 88.0 Å². The first-order valence-electron chi connectivity index (χ1n) is 10.8. The molecule has 0 aliphatic carbocycles. The molecule has 0 aromatic heterocycles. The zero-order chi connectivity index (χ0) is 21.1. The molecule has 0 spiro atoms. The third kappa shape index (κ3) is 4.58. The van der Waals surface area contributed by atoms with E-state index < -0.39 is 10.0 Å². The minimum Gasteiger partial charge on any atom is -0.486 e. The van der Waals surface area contributed by atoms with E-state index in [1.807, 2.05) is 11.9 Å². The Bertz CT molecular complexity index is 861. The molecular formula is C21H31N3O5S. The zero-order valence-electron chi connectivity index (χ0n) is 17.6. The van der Waals surface area contributed by atoms with E-state index in [1.165, 1.54) is 23.2 Å². The Labute approximate surface area is 178 Å². The van der Waals surface area contributed by atoms with Gasteiger partial charge in [0.1, 0.15) is 13.2 Å². The Balaban J connectivity index is 1.32. The fraction of sp³-hybridized carbons (Fsp3) is 0.667. The maximum absolute atomic E-state index is 13.1. The number of likely N-dealkylation sites (N-methyl/N-ethyl adjacent to an activating group) is 1. The fourth-order valence-corrected chi connectivity index (χ4v) is 5.88. The van der Waals surface area contributed by atoms with Gasteiger partial charge in [-0.3, -0.25) is 4.79 Å². The van der Waals surface area contributed by atoms with Gasteiger partial charge in [0.2, 0.25) is 15.9 Å². The molecule has 4 rings (SSSR count). The number of rotatable bonds is 6. The van der Waals surface area contributed by atoms with Crippen LogP contribution in [-0.2, 0) is 14.8 Å². The largest absolute Gasteiger partial charge is 0.486 e. The standard InChI is InChI=1S/C21H31N3O5S/c1-22(12-13-23-8-2-3-9-23)21(25)17-6-10-24(11-7-17)30(26,27)18-4-5-19-20(16-18)29-15-14-28-19/h4-5,16-17H,2-3,6-15H2,1H3. The summed E-state index contributed by atoms with van der Waals surface area (Å²) < 4.78 is 38.6. The number of benzene rings is 1. The van der Waals surface area contributed by atoms with E-state index in [9.17, 15) is 13.2 Å². The van der Waals surface area contributed by atoms with Gasteiger partial charge in [-0.15, -0.1) is 0 Å². The molecule has 0 unspecified atom stereocenters. The smallest absolute Gasteiger partial charge is 0.243 e. The molecule has 2 saturated heterocycles. The first kappa shape index (κ1) is 21.4. The van der Waals surface area contributed by atoms with E-state index in [1.54, 1.807) is 12.1 Å². The summed E-state index contributed by atoms with van der Waals surface area (Å²) in [5.74, 6) is 1.05.